The molecule has 8 nitrogen and oxygen atoms in total. The molecule has 0 radical (unpaired) electrons. The number of fused-ring (bicyclic) bond motifs is 1. The first kappa shape index (κ1) is 13.5. The highest BCUT2D eigenvalue weighted by Gasteiger charge is 2.35. The minimum absolute atomic E-state index is 0.0980. The van der Waals surface area contributed by atoms with Crippen LogP contribution in [0.1, 0.15) is 12.6 Å². The average molecular weight is 300 g/mol. The van der Waals surface area contributed by atoms with Gasteiger partial charge in [0, 0.05) is 13.5 Å². The quantitative estimate of drug-likeness (QED) is 0.693. The largest absolute Gasteiger partial charge is 0.394 e. The molecule has 20 heavy (non-hydrogen) atoms. The number of hydrogen-bond acceptors (Lipinski definition) is 7. The van der Waals surface area contributed by atoms with Gasteiger partial charge in [-0.1, -0.05) is 0 Å². The van der Waals surface area contributed by atoms with Gasteiger partial charge in [-0.3, -0.25) is 4.57 Å². The number of nitrogens with zero attached hydrogens (tertiary/aromatic N) is 4. The SMILES string of the molecule is CNc1nc(Cl)nc2c1ncn2[C@H]1C[C@@H](O)[C@@H](CO)O1. The summed E-state index contributed by atoms with van der Waals surface area (Å²) >= 11 is 5.89. The molecule has 0 bridgehead atoms. The Morgan fingerprint density at radius 3 is 3.00 bits per heavy atom. The van der Waals surface area contributed by atoms with Crippen LogP contribution < -0.4 is 5.32 Å². The molecule has 3 atom stereocenters. The third-order valence-corrected chi connectivity index (χ3v) is 3.49. The Labute approximate surface area is 119 Å². The van der Waals surface area contributed by atoms with Crippen LogP contribution in [-0.2, 0) is 4.74 Å². The van der Waals surface area contributed by atoms with Gasteiger partial charge in [0.2, 0.25) is 5.28 Å². The molecule has 2 aromatic rings. The minimum Gasteiger partial charge on any atom is -0.394 e. The summed E-state index contributed by atoms with van der Waals surface area (Å²) in [6.45, 7) is -0.234. The molecule has 1 aliphatic heterocycles. The van der Waals surface area contributed by atoms with Crippen LogP contribution >= 0.6 is 11.6 Å². The van der Waals surface area contributed by atoms with Crippen LogP contribution in [-0.4, -0.2) is 55.6 Å². The summed E-state index contributed by atoms with van der Waals surface area (Å²) in [5, 5.41) is 21.9. The number of nitrogens with one attached hydrogen (secondary N) is 1. The van der Waals surface area contributed by atoms with Crippen molar-refractivity contribution < 1.29 is 14.9 Å². The molecular formula is C11H14ClN5O3. The van der Waals surface area contributed by atoms with E-state index in [0.29, 0.717) is 23.4 Å². The monoisotopic (exact) mass is 299 g/mol. The van der Waals surface area contributed by atoms with Crippen LogP contribution in [0.25, 0.3) is 11.2 Å². The number of hydrogen-bond donors (Lipinski definition) is 3. The van der Waals surface area contributed by atoms with E-state index in [1.54, 1.807) is 17.9 Å². The van der Waals surface area contributed by atoms with E-state index < -0.39 is 18.4 Å². The maximum atomic E-state index is 9.80. The first-order valence-electron chi connectivity index (χ1n) is 6.16. The number of ether oxygens (including phenoxy) is 1. The van der Waals surface area contributed by atoms with Crippen molar-refractivity contribution in [3.8, 4) is 0 Å². The van der Waals surface area contributed by atoms with E-state index >= 15 is 0 Å². The molecule has 2 aromatic heterocycles. The smallest absolute Gasteiger partial charge is 0.226 e. The highest BCUT2D eigenvalue weighted by molar-refractivity contribution is 6.28. The fraction of sp³-hybridized carbons (Fsp3) is 0.545. The molecule has 0 saturated carbocycles. The zero-order chi connectivity index (χ0) is 14.3. The number of aliphatic hydroxyl groups is 2. The fourth-order valence-electron chi connectivity index (χ4n) is 2.33. The van der Waals surface area contributed by atoms with E-state index in [1.807, 2.05) is 0 Å². The fourth-order valence-corrected chi connectivity index (χ4v) is 2.49. The van der Waals surface area contributed by atoms with Crippen LogP contribution in [0.3, 0.4) is 0 Å². The average Bonchev–Trinajstić information content (AvgIpc) is 3.00. The number of aliphatic hydroxyl groups excluding tert-OH is 2. The Balaban J connectivity index is 2.03. The molecular weight excluding hydrogens is 286 g/mol. The number of imidazole rings is 1. The molecule has 3 N–H and O–H groups in total. The van der Waals surface area contributed by atoms with Gasteiger partial charge in [0.05, 0.1) is 19.0 Å². The molecule has 1 aliphatic rings. The maximum absolute atomic E-state index is 9.80. The van der Waals surface area contributed by atoms with Crippen molar-refractivity contribution in [1.82, 2.24) is 19.5 Å². The number of aromatic nitrogens is 4. The summed E-state index contributed by atoms with van der Waals surface area (Å²) in [4.78, 5) is 12.4. The van der Waals surface area contributed by atoms with Gasteiger partial charge in [0.15, 0.2) is 17.0 Å². The third-order valence-electron chi connectivity index (χ3n) is 3.33. The van der Waals surface area contributed by atoms with E-state index in [4.69, 9.17) is 21.4 Å². The van der Waals surface area contributed by atoms with Gasteiger partial charge >= 0.3 is 0 Å². The standard InChI is InChI=1S/C11H14ClN5O3/c1-13-9-8-10(16-11(12)15-9)17(4-14-8)7-2-5(19)6(3-18)20-7/h4-7,18-19H,2-3H2,1H3,(H,13,15,16)/t5-,6-,7-/m1/s1. The predicted molar refractivity (Wildman–Crippen MR) is 71.5 cm³/mol. The maximum Gasteiger partial charge on any atom is 0.226 e. The van der Waals surface area contributed by atoms with Crippen LogP contribution in [0.2, 0.25) is 5.28 Å². The second-order valence-corrected chi connectivity index (χ2v) is 4.87. The van der Waals surface area contributed by atoms with Crippen molar-refractivity contribution >= 4 is 28.6 Å². The lowest BCUT2D eigenvalue weighted by Gasteiger charge is -2.13. The van der Waals surface area contributed by atoms with E-state index in [0.717, 1.165) is 0 Å². The van der Waals surface area contributed by atoms with Crippen molar-refractivity contribution in [3.05, 3.63) is 11.6 Å². The first-order chi connectivity index (χ1) is 9.63. The van der Waals surface area contributed by atoms with Gasteiger partial charge in [0.25, 0.3) is 0 Å². The lowest BCUT2D eigenvalue weighted by molar-refractivity contribution is -0.0432. The second kappa shape index (κ2) is 5.13. The van der Waals surface area contributed by atoms with E-state index in [-0.39, 0.29) is 11.9 Å². The van der Waals surface area contributed by atoms with Gasteiger partial charge in [-0.2, -0.15) is 9.97 Å². The summed E-state index contributed by atoms with van der Waals surface area (Å²) in [7, 11) is 1.72. The molecule has 3 heterocycles. The number of halogens is 1. The van der Waals surface area contributed by atoms with Crippen molar-refractivity contribution in [2.24, 2.45) is 0 Å². The third kappa shape index (κ3) is 2.10. The molecule has 0 unspecified atom stereocenters. The van der Waals surface area contributed by atoms with Crippen molar-refractivity contribution in [2.45, 2.75) is 24.9 Å². The van der Waals surface area contributed by atoms with Crippen LogP contribution in [0, 0.1) is 0 Å². The Bertz CT molecular complexity index is 634. The lowest BCUT2D eigenvalue weighted by atomic mass is 10.2. The van der Waals surface area contributed by atoms with Crippen LogP contribution in [0.5, 0.6) is 0 Å². The van der Waals surface area contributed by atoms with Gasteiger partial charge in [0.1, 0.15) is 12.3 Å². The Kier molecular flexibility index (Phi) is 3.47. The number of anilines is 1. The van der Waals surface area contributed by atoms with Crippen molar-refractivity contribution in [1.29, 1.82) is 0 Å². The van der Waals surface area contributed by atoms with Gasteiger partial charge in [-0.15, -0.1) is 0 Å². The van der Waals surface area contributed by atoms with Crippen LogP contribution in [0.15, 0.2) is 6.33 Å². The number of rotatable bonds is 3. The summed E-state index contributed by atoms with van der Waals surface area (Å²) in [6.07, 6.45) is 0.158. The molecule has 0 spiro atoms. The lowest BCUT2D eigenvalue weighted by Crippen LogP contribution is -2.24. The van der Waals surface area contributed by atoms with E-state index in [9.17, 15) is 5.11 Å². The highest BCUT2D eigenvalue weighted by atomic mass is 35.5. The van der Waals surface area contributed by atoms with E-state index in [2.05, 4.69) is 20.3 Å². The molecule has 0 aliphatic carbocycles. The Morgan fingerprint density at radius 2 is 2.35 bits per heavy atom. The Morgan fingerprint density at radius 1 is 1.55 bits per heavy atom. The topological polar surface area (TPSA) is 105 Å². The zero-order valence-corrected chi connectivity index (χ0v) is 11.4. The summed E-state index contributed by atoms with van der Waals surface area (Å²) < 4.78 is 7.27. The van der Waals surface area contributed by atoms with Crippen LogP contribution in [0.4, 0.5) is 5.82 Å². The Hall–Kier alpha value is -1.48. The summed E-state index contributed by atoms with van der Waals surface area (Å²) in [5.74, 6) is 0.524. The molecule has 0 aromatic carbocycles. The van der Waals surface area contributed by atoms with Crippen molar-refractivity contribution in [3.63, 3.8) is 0 Å². The van der Waals surface area contributed by atoms with Gasteiger partial charge in [-0.25, -0.2) is 4.98 Å². The highest BCUT2D eigenvalue weighted by Crippen LogP contribution is 2.32. The zero-order valence-electron chi connectivity index (χ0n) is 10.7. The molecule has 9 heteroatoms. The molecule has 1 fully saturated rings. The van der Waals surface area contributed by atoms with Gasteiger partial charge in [-0.05, 0) is 11.6 Å². The van der Waals surface area contributed by atoms with Gasteiger partial charge < -0.3 is 20.3 Å². The first-order valence-corrected chi connectivity index (χ1v) is 6.54. The molecule has 3 rings (SSSR count). The summed E-state index contributed by atoms with van der Waals surface area (Å²) in [6, 6.07) is 0. The summed E-state index contributed by atoms with van der Waals surface area (Å²) in [5.41, 5.74) is 1.09. The normalized spacial score (nSPS) is 26.3. The van der Waals surface area contributed by atoms with E-state index in [1.165, 1.54) is 0 Å². The minimum atomic E-state index is -0.719. The molecule has 108 valence electrons. The molecule has 0 amide bonds. The predicted octanol–water partition coefficient (Wildman–Crippen LogP) is 0.162. The molecule has 1 saturated heterocycles. The van der Waals surface area contributed by atoms with Crippen molar-refractivity contribution in [2.75, 3.05) is 19.0 Å². The second-order valence-electron chi connectivity index (χ2n) is 4.53.